The first-order valence-corrected chi connectivity index (χ1v) is 8.37. The van der Waals surface area contributed by atoms with Gasteiger partial charge in [0.05, 0.1) is 24.8 Å². The molecule has 27 heavy (non-hydrogen) atoms. The minimum Gasteiger partial charge on any atom is -0.465 e. The fraction of sp³-hybridized carbons (Fsp3) is 0.389. The van der Waals surface area contributed by atoms with E-state index in [0.717, 1.165) is 0 Å². The van der Waals surface area contributed by atoms with E-state index in [1.807, 2.05) is 4.90 Å². The van der Waals surface area contributed by atoms with Gasteiger partial charge in [0.15, 0.2) is 23.3 Å². The first kappa shape index (κ1) is 19.4. The zero-order valence-corrected chi connectivity index (χ0v) is 14.5. The molecule has 3 rings (SSSR count). The minimum absolute atomic E-state index is 0.00579. The third kappa shape index (κ3) is 4.14. The van der Waals surface area contributed by atoms with Crippen molar-refractivity contribution in [1.29, 1.82) is 0 Å². The first-order valence-electron chi connectivity index (χ1n) is 8.37. The van der Waals surface area contributed by atoms with Crippen molar-refractivity contribution in [2.45, 2.75) is 13.0 Å². The second-order valence-electron chi connectivity index (χ2n) is 6.17. The van der Waals surface area contributed by atoms with E-state index >= 15 is 0 Å². The molecule has 0 saturated carbocycles. The van der Waals surface area contributed by atoms with Crippen LogP contribution in [0.25, 0.3) is 0 Å². The fourth-order valence-corrected chi connectivity index (χ4v) is 2.95. The molecule has 2 aromatic rings. The summed E-state index contributed by atoms with van der Waals surface area (Å²) < 4.78 is 64.5. The number of nitrogens with one attached hydrogen (secondary N) is 1. The molecular formula is C18H18F4N2O3. The molecule has 2 heterocycles. The average Bonchev–Trinajstić information content (AvgIpc) is 3.10. The van der Waals surface area contributed by atoms with Crippen LogP contribution in [-0.4, -0.2) is 43.7 Å². The van der Waals surface area contributed by atoms with Crippen molar-refractivity contribution in [2.75, 3.05) is 32.8 Å². The smallest absolute Gasteiger partial charge is 0.254 e. The Labute approximate surface area is 152 Å². The number of aryl methyl sites for hydroxylation is 1. The molecule has 1 aromatic carbocycles. The summed E-state index contributed by atoms with van der Waals surface area (Å²) >= 11 is 0. The monoisotopic (exact) mass is 386 g/mol. The lowest BCUT2D eigenvalue weighted by atomic mass is 10.1. The van der Waals surface area contributed by atoms with Crippen molar-refractivity contribution >= 4 is 5.91 Å². The van der Waals surface area contributed by atoms with E-state index in [-0.39, 0.29) is 12.6 Å². The number of morpholine rings is 1. The van der Waals surface area contributed by atoms with Gasteiger partial charge in [0.25, 0.3) is 5.91 Å². The van der Waals surface area contributed by atoms with Crippen molar-refractivity contribution in [1.82, 2.24) is 10.2 Å². The van der Waals surface area contributed by atoms with Gasteiger partial charge in [-0.15, -0.1) is 0 Å². The molecule has 5 nitrogen and oxygen atoms in total. The second-order valence-corrected chi connectivity index (χ2v) is 6.17. The number of hydrogen-bond acceptors (Lipinski definition) is 4. The summed E-state index contributed by atoms with van der Waals surface area (Å²) in [5.41, 5.74) is -0.900. The molecule has 1 aromatic heterocycles. The van der Waals surface area contributed by atoms with Crippen LogP contribution in [0.5, 0.6) is 0 Å². The van der Waals surface area contributed by atoms with Gasteiger partial charge in [-0.05, 0) is 25.1 Å². The van der Waals surface area contributed by atoms with E-state index in [4.69, 9.17) is 9.15 Å². The molecule has 1 saturated heterocycles. The second kappa shape index (κ2) is 8.10. The molecule has 1 aliphatic heterocycles. The molecule has 0 spiro atoms. The third-order valence-corrected chi connectivity index (χ3v) is 4.38. The Hall–Kier alpha value is -2.39. The lowest BCUT2D eigenvalue weighted by Gasteiger charge is -2.33. The van der Waals surface area contributed by atoms with E-state index in [9.17, 15) is 22.4 Å². The largest absolute Gasteiger partial charge is 0.465 e. The number of furan rings is 1. The molecule has 1 unspecified atom stereocenters. The molecule has 1 atom stereocenters. The SMILES string of the molecule is Cc1ccc(C(CNC(=O)c2cc(F)c(F)c(F)c2F)N2CCOCC2)o1. The molecule has 1 aliphatic rings. The van der Waals surface area contributed by atoms with Gasteiger partial charge in [-0.3, -0.25) is 9.69 Å². The Balaban J connectivity index is 1.78. The highest BCUT2D eigenvalue weighted by molar-refractivity contribution is 5.94. The topological polar surface area (TPSA) is 54.7 Å². The number of halogens is 4. The minimum atomic E-state index is -2.02. The van der Waals surface area contributed by atoms with Gasteiger partial charge >= 0.3 is 0 Å². The molecule has 0 aliphatic carbocycles. The lowest BCUT2D eigenvalue weighted by molar-refractivity contribution is 0.0117. The maximum atomic E-state index is 13.8. The number of rotatable bonds is 5. The van der Waals surface area contributed by atoms with E-state index in [1.54, 1.807) is 19.1 Å². The zero-order chi connectivity index (χ0) is 19.6. The summed E-state index contributed by atoms with van der Waals surface area (Å²) in [6, 6.07) is 3.50. The van der Waals surface area contributed by atoms with Crippen LogP contribution in [0.15, 0.2) is 22.6 Å². The van der Waals surface area contributed by atoms with Gasteiger partial charge in [-0.2, -0.15) is 0 Å². The molecule has 0 radical (unpaired) electrons. The van der Waals surface area contributed by atoms with E-state index in [1.165, 1.54) is 0 Å². The summed E-state index contributed by atoms with van der Waals surface area (Å²) in [6.07, 6.45) is 0. The average molecular weight is 386 g/mol. The predicted molar refractivity (Wildman–Crippen MR) is 87.2 cm³/mol. The van der Waals surface area contributed by atoms with Crippen LogP contribution < -0.4 is 5.32 Å². The maximum Gasteiger partial charge on any atom is 0.254 e. The fourth-order valence-electron chi connectivity index (χ4n) is 2.95. The molecular weight excluding hydrogens is 368 g/mol. The van der Waals surface area contributed by atoms with Crippen molar-refractivity contribution in [3.63, 3.8) is 0 Å². The van der Waals surface area contributed by atoms with Crippen molar-refractivity contribution in [3.8, 4) is 0 Å². The number of ether oxygens (including phenoxy) is 1. The van der Waals surface area contributed by atoms with Crippen molar-refractivity contribution < 1.29 is 31.5 Å². The van der Waals surface area contributed by atoms with E-state index < -0.39 is 34.7 Å². The van der Waals surface area contributed by atoms with Crippen LogP contribution in [0.2, 0.25) is 0 Å². The Morgan fingerprint density at radius 3 is 2.48 bits per heavy atom. The van der Waals surface area contributed by atoms with Gasteiger partial charge in [-0.25, -0.2) is 17.6 Å². The van der Waals surface area contributed by atoms with E-state index in [0.29, 0.717) is 43.9 Å². The molecule has 146 valence electrons. The van der Waals surface area contributed by atoms with Crippen molar-refractivity contribution in [3.05, 3.63) is 58.6 Å². The number of carbonyl (C=O) groups excluding carboxylic acids is 1. The molecule has 1 N–H and O–H groups in total. The summed E-state index contributed by atoms with van der Waals surface area (Å²) in [5.74, 6) is -7.12. The quantitative estimate of drug-likeness (QED) is 0.488. The standard InChI is InChI=1S/C18H18F4N2O3/c1-10-2-3-14(27-10)13(24-4-6-26-7-5-24)9-23-18(25)11-8-12(19)16(21)17(22)15(11)20/h2-3,8,13H,4-7,9H2,1H3,(H,23,25). The summed E-state index contributed by atoms with van der Waals surface area (Å²) in [4.78, 5) is 14.2. The summed E-state index contributed by atoms with van der Waals surface area (Å²) in [7, 11) is 0. The first-order chi connectivity index (χ1) is 12.9. The van der Waals surface area contributed by atoms with Gasteiger partial charge in [0.2, 0.25) is 0 Å². The Bertz CT molecular complexity index is 834. The summed E-state index contributed by atoms with van der Waals surface area (Å²) in [5, 5.41) is 2.44. The van der Waals surface area contributed by atoms with Gasteiger partial charge in [-0.1, -0.05) is 0 Å². The number of hydrogen-bond donors (Lipinski definition) is 1. The van der Waals surface area contributed by atoms with Gasteiger partial charge in [0.1, 0.15) is 11.5 Å². The third-order valence-electron chi connectivity index (χ3n) is 4.38. The number of benzene rings is 1. The number of carbonyl (C=O) groups is 1. The highest BCUT2D eigenvalue weighted by Crippen LogP contribution is 2.24. The van der Waals surface area contributed by atoms with Crippen molar-refractivity contribution in [2.24, 2.45) is 0 Å². The van der Waals surface area contributed by atoms with Crippen LogP contribution in [0, 0.1) is 30.2 Å². The van der Waals surface area contributed by atoms with Crippen LogP contribution in [-0.2, 0) is 4.74 Å². The highest BCUT2D eigenvalue weighted by atomic mass is 19.2. The van der Waals surface area contributed by atoms with Crippen LogP contribution >= 0.6 is 0 Å². The molecule has 1 amide bonds. The Morgan fingerprint density at radius 2 is 1.85 bits per heavy atom. The summed E-state index contributed by atoms with van der Waals surface area (Å²) in [6.45, 7) is 3.98. The molecule has 0 bridgehead atoms. The number of nitrogens with zero attached hydrogens (tertiary/aromatic N) is 1. The zero-order valence-electron chi connectivity index (χ0n) is 14.5. The highest BCUT2D eigenvalue weighted by Gasteiger charge is 2.27. The van der Waals surface area contributed by atoms with Gasteiger partial charge in [0, 0.05) is 19.6 Å². The molecule has 1 fully saturated rings. The lowest BCUT2D eigenvalue weighted by Crippen LogP contribution is -2.43. The maximum absolute atomic E-state index is 13.8. The van der Waals surface area contributed by atoms with E-state index in [2.05, 4.69) is 5.32 Å². The van der Waals surface area contributed by atoms with Gasteiger partial charge < -0.3 is 14.5 Å². The Morgan fingerprint density at radius 1 is 1.15 bits per heavy atom. The molecule has 9 heteroatoms. The normalized spacial score (nSPS) is 16.3. The van der Waals surface area contributed by atoms with Crippen LogP contribution in [0.1, 0.15) is 27.9 Å². The Kier molecular flexibility index (Phi) is 5.81. The number of amides is 1. The van der Waals surface area contributed by atoms with Crippen LogP contribution in [0.4, 0.5) is 17.6 Å². The predicted octanol–water partition coefficient (Wildman–Crippen LogP) is 2.95. The van der Waals surface area contributed by atoms with Crippen LogP contribution in [0.3, 0.4) is 0 Å².